The molecule has 0 aromatic carbocycles. The Balaban J connectivity index is 1.55. The monoisotopic (exact) mass is 273 g/mol. The molecule has 6 nitrogen and oxygen atoms in total. The summed E-state index contributed by atoms with van der Waals surface area (Å²) in [6, 6.07) is 2.64. The number of morpholine rings is 1. The molecule has 2 saturated heterocycles. The van der Waals surface area contributed by atoms with E-state index in [1.807, 2.05) is 6.07 Å². The molecule has 0 amide bonds. The van der Waals surface area contributed by atoms with E-state index in [0.29, 0.717) is 24.1 Å². The number of hydrogen-bond acceptors (Lipinski definition) is 6. The first-order chi connectivity index (χ1) is 9.86. The van der Waals surface area contributed by atoms with E-state index in [1.165, 1.54) is 32.0 Å². The van der Waals surface area contributed by atoms with Gasteiger partial charge in [0.25, 0.3) is 0 Å². The zero-order chi connectivity index (χ0) is 13.8. The fourth-order valence-corrected chi connectivity index (χ4v) is 2.93. The van der Waals surface area contributed by atoms with Crippen molar-refractivity contribution in [2.45, 2.75) is 31.4 Å². The molecule has 3 heterocycles. The zero-order valence-corrected chi connectivity index (χ0v) is 11.5. The largest absolute Gasteiger partial charge is 0.373 e. The second-order valence-electron chi connectivity index (χ2n) is 5.35. The molecule has 2 fully saturated rings. The van der Waals surface area contributed by atoms with Crippen molar-refractivity contribution < 1.29 is 4.74 Å². The summed E-state index contributed by atoms with van der Waals surface area (Å²) in [5, 5.41) is 12.2. The van der Waals surface area contributed by atoms with Crippen LogP contribution in [-0.2, 0) is 4.74 Å². The van der Waals surface area contributed by atoms with E-state index >= 15 is 0 Å². The third-order valence-corrected chi connectivity index (χ3v) is 4.01. The van der Waals surface area contributed by atoms with Gasteiger partial charge in [-0.15, -0.1) is 0 Å². The molecule has 2 aliphatic rings. The van der Waals surface area contributed by atoms with Crippen molar-refractivity contribution in [2.75, 3.05) is 31.6 Å². The number of hydrogen-bond donors (Lipinski definition) is 1. The molecular formula is C14H19N5O. The number of piperidine rings is 1. The Kier molecular flexibility index (Phi) is 4.09. The summed E-state index contributed by atoms with van der Waals surface area (Å²) in [6.45, 7) is 3.62. The van der Waals surface area contributed by atoms with Crippen LogP contribution < -0.4 is 5.32 Å². The van der Waals surface area contributed by atoms with E-state index < -0.39 is 0 Å². The predicted molar refractivity (Wildman–Crippen MR) is 74.2 cm³/mol. The second-order valence-corrected chi connectivity index (χ2v) is 5.35. The Hall–Kier alpha value is -1.71. The Bertz CT molecular complexity index is 501. The number of aromatic nitrogens is 2. The lowest BCUT2D eigenvalue weighted by molar-refractivity contribution is -0.0689. The minimum Gasteiger partial charge on any atom is -0.373 e. The first-order valence-electron chi connectivity index (χ1n) is 7.17. The van der Waals surface area contributed by atoms with Crippen LogP contribution in [0.15, 0.2) is 12.4 Å². The average Bonchev–Trinajstić information content (AvgIpc) is 2.53. The van der Waals surface area contributed by atoms with Gasteiger partial charge in [0.05, 0.1) is 12.7 Å². The maximum Gasteiger partial charge on any atom is 0.182 e. The van der Waals surface area contributed by atoms with E-state index in [0.717, 1.165) is 13.2 Å². The lowest BCUT2D eigenvalue weighted by Gasteiger charge is -2.42. The van der Waals surface area contributed by atoms with Gasteiger partial charge >= 0.3 is 0 Å². The van der Waals surface area contributed by atoms with Crippen LogP contribution in [0.2, 0.25) is 0 Å². The molecule has 1 N–H and O–H groups in total. The Morgan fingerprint density at radius 2 is 2.30 bits per heavy atom. The van der Waals surface area contributed by atoms with Crippen molar-refractivity contribution in [2.24, 2.45) is 0 Å². The van der Waals surface area contributed by atoms with Crippen molar-refractivity contribution in [3.05, 3.63) is 18.1 Å². The van der Waals surface area contributed by atoms with E-state index in [1.54, 1.807) is 6.20 Å². The minimum atomic E-state index is 0.151. The van der Waals surface area contributed by atoms with Crippen molar-refractivity contribution in [3.63, 3.8) is 0 Å². The van der Waals surface area contributed by atoms with Crippen molar-refractivity contribution in [1.29, 1.82) is 5.26 Å². The zero-order valence-electron chi connectivity index (χ0n) is 11.5. The lowest BCUT2D eigenvalue weighted by atomic mass is 10.0. The van der Waals surface area contributed by atoms with Crippen molar-refractivity contribution >= 4 is 5.82 Å². The molecule has 1 aromatic heterocycles. The predicted octanol–water partition coefficient (Wildman–Crippen LogP) is 1.01. The number of nitrogens with one attached hydrogen (secondary N) is 1. The number of nitrogens with zero attached hydrogens (tertiary/aromatic N) is 4. The van der Waals surface area contributed by atoms with Gasteiger partial charge in [0.1, 0.15) is 6.07 Å². The normalized spacial score (nSPS) is 26.6. The van der Waals surface area contributed by atoms with Gasteiger partial charge in [-0.3, -0.25) is 4.90 Å². The second kappa shape index (κ2) is 6.16. The van der Waals surface area contributed by atoms with Crippen LogP contribution in [0.3, 0.4) is 0 Å². The smallest absolute Gasteiger partial charge is 0.182 e. The van der Waals surface area contributed by atoms with Gasteiger partial charge in [-0.2, -0.15) is 5.26 Å². The van der Waals surface area contributed by atoms with Gasteiger partial charge in [-0.25, -0.2) is 9.97 Å². The summed E-state index contributed by atoms with van der Waals surface area (Å²) in [5.74, 6) is 0.541. The molecule has 2 aliphatic heterocycles. The van der Waals surface area contributed by atoms with Gasteiger partial charge in [0.2, 0.25) is 0 Å². The minimum absolute atomic E-state index is 0.151. The summed E-state index contributed by atoms with van der Waals surface area (Å²) in [6.07, 6.45) is 7.13. The topological polar surface area (TPSA) is 74.1 Å². The molecule has 3 rings (SSSR count). The molecule has 1 aromatic rings. The maximum atomic E-state index is 8.98. The number of nitriles is 1. The molecular weight excluding hydrogens is 254 g/mol. The highest BCUT2D eigenvalue weighted by Gasteiger charge is 2.30. The molecule has 20 heavy (non-hydrogen) atoms. The molecule has 0 unspecified atom stereocenters. The van der Waals surface area contributed by atoms with Crippen molar-refractivity contribution in [1.82, 2.24) is 14.9 Å². The molecule has 0 radical (unpaired) electrons. The van der Waals surface area contributed by atoms with Crippen LogP contribution in [0.25, 0.3) is 0 Å². The molecule has 0 saturated carbocycles. The van der Waals surface area contributed by atoms with Crippen LogP contribution >= 0.6 is 0 Å². The third kappa shape index (κ3) is 2.89. The van der Waals surface area contributed by atoms with Crippen molar-refractivity contribution in [3.8, 4) is 6.07 Å². The summed E-state index contributed by atoms with van der Waals surface area (Å²) in [7, 11) is 0. The highest BCUT2D eigenvalue weighted by Crippen LogP contribution is 2.22. The van der Waals surface area contributed by atoms with Gasteiger partial charge in [-0.1, -0.05) is 6.42 Å². The first-order valence-corrected chi connectivity index (χ1v) is 7.17. The van der Waals surface area contributed by atoms with Gasteiger partial charge in [0.15, 0.2) is 11.5 Å². The van der Waals surface area contributed by atoms with Crippen LogP contribution in [0.4, 0.5) is 5.82 Å². The Labute approximate surface area is 118 Å². The van der Waals surface area contributed by atoms with Gasteiger partial charge in [-0.05, 0) is 19.4 Å². The maximum absolute atomic E-state index is 8.98. The quantitative estimate of drug-likeness (QED) is 0.886. The number of rotatable bonds is 3. The fraction of sp³-hybridized carbons (Fsp3) is 0.643. The molecule has 2 atom stereocenters. The van der Waals surface area contributed by atoms with Crippen LogP contribution in [-0.4, -0.2) is 53.3 Å². The summed E-state index contributed by atoms with van der Waals surface area (Å²) in [5.41, 5.74) is 0.333. The van der Waals surface area contributed by atoms with E-state index in [9.17, 15) is 0 Å². The van der Waals surface area contributed by atoms with Gasteiger partial charge in [0, 0.05) is 31.5 Å². The Morgan fingerprint density at radius 1 is 1.40 bits per heavy atom. The van der Waals surface area contributed by atoms with Crippen LogP contribution in [0, 0.1) is 11.3 Å². The van der Waals surface area contributed by atoms with Crippen LogP contribution in [0.1, 0.15) is 25.0 Å². The SMILES string of the molecule is N#Cc1nccnc1NC[C@@H]1CN2CCCC[C@@H]2CO1. The first kappa shape index (κ1) is 13.3. The third-order valence-electron chi connectivity index (χ3n) is 4.01. The highest BCUT2D eigenvalue weighted by atomic mass is 16.5. The highest BCUT2D eigenvalue weighted by molar-refractivity contribution is 5.46. The Morgan fingerprint density at radius 3 is 3.20 bits per heavy atom. The molecule has 106 valence electrons. The number of fused-ring (bicyclic) bond motifs is 1. The molecule has 0 aliphatic carbocycles. The van der Waals surface area contributed by atoms with E-state index in [-0.39, 0.29) is 6.10 Å². The van der Waals surface area contributed by atoms with Crippen LogP contribution in [0.5, 0.6) is 0 Å². The standard InChI is InChI=1S/C14H19N5O/c15-7-13-14(17-5-4-16-13)18-8-12-9-19-6-2-1-3-11(19)10-20-12/h4-5,11-12H,1-3,6,8-10H2,(H,17,18)/t11-,12-/m1/s1. The molecule has 6 heteroatoms. The summed E-state index contributed by atoms with van der Waals surface area (Å²) >= 11 is 0. The summed E-state index contributed by atoms with van der Waals surface area (Å²) in [4.78, 5) is 10.7. The number of anilines is 1. The molecule has 0 bridgehead atoms. The number of ether oxygens (including phenoxy) is 1. The fourth-order valence-electron chi connectivity index (χ4n) is 2.93. The van der Waals surface area contributed by atoms with Gasteiger partial charge < -0.3 is 10.1 Å². The van der Waals surface area contributed by atoms with E-state index in [4.69, 9.17) is 10.00 Å². The average molecular weight is 273 g/mol. The summed E-state index contributed by atoms with van der Waals surface area (Å²) < 4.78 is 5.91. The van der Waals surface area contributed by atoms with E-state index in [2.05, 4.69) is 20.2 Å². The lowest BCUT2D eigenvalue weighted by Crippen LogP contribution is -2.53. The molecule has 0 spiro atoms.